The molecule has 10 heteroatoms. The lowest BCUT2D eigenvalue weighted by molar-refractivity contribution is -0.160. The second-order valence-electron chi connectivity index (χ2n) is 3.01. The van der Waals surface area contributed by atoms with Crippen LogP contribution in [0, 0.1) is 0 Å². The molecule has 0 unspecified atom stereocenters. The van der Waals surface area contributed by atoms with Crippen molar-refractivity contribution in [1.82, 2.24) is 5.43 Å². The lowest BCUT2D eigenvalue weighted by Crippen LogP contribution is -2.48. The molecule has 0 spiro atoms. The Bertz CT molecular complexity index is 312. The highest BCUT2D eigenvalue weighted by atomic mass is 32.1. The first kappa shape index (κ1) is 15.7. The minimum absolute atomic E-state index is 0.186. The summed E-state index contributed by atoms with van der Waals surface area (Å²) < 4.78 is 0. The molecule has 0 bridgehead atoms. The van der Waals surface area contributed by atoms with Crippen molar-refractivity contribution in [2.24, 2.45) is 10.8 Å². The minimum atomic E-state index is -2.23. The molecule has 0 radical (unpaired) electrons. The van der Waals surface area contributed by atoms with E-state index < -0.39 is 30.4 Å². The average molecular weight is 267 g/mol. The van der Waals surface area contributed by atoms with E-state index in [1.807, 2.05) is 0 Å². The Labute approximate surface area is 101 Å². The highest BCUT2D eigenvalue weighted by Crippen LogP contribution is 2.04. The third-order valence-corrected chi connectivity index (χ3v) is 1.77. The number of hydrogen-bond donors (Lipinski definition) is 7. The smallest absolute Gasteiger partial charge is 0.335 e. The molecule has 0 rings (SSSR count). The number of nitrogens with one attached hydrogen (secondary N) is 1. The van der Waals surface area contributed by atoms with Crippen LogP contribution in [-0.2, 0) is 4.79 Å². The number of carboxylic acid groups (broad SMARTS) is 1. The van der Waals surface area contributed by atoms with Gasteiger partial charge in [-0.1, -0.05) is 0 Å². The largest absolute Gasteiger partial charge is 0.479 e. The number of carbonyl (C=O) groups is 1. The number of hydrazone groups is 1. The number of aliphatic hydroxyl groups is 4. The van der Waals surface area contributed by atoms with E-state index in [2.05, 4.69) is 22.7 Å². The van der Waals surface area contributed by atoms with Gasteiger partial charge in [0.2, 0.25) is 0 Å². The van der Waals surface area contributed by atoms with Crippen LogP contribution in [0.15, 0.2) is 5.10 Å². The zero-order valence-electron chi connectivity index (χ0n) is 8.46. The first-order chi connectivity index (χ1) is 7.77. The fourth-order valence-corrected chi connectivity index (χ4v) is 0.853. The third kappa shape index (κ3) is 5.51. The first-order valence-electron chi connectivity index (χ1n) is 4.31. The minimum Gasteiger partial charge on any atom is -0.479 e. The molecular formula is C7H13N3O6S. The Morgan fingerprint density at radius 1 is 1.29 bits per heavy atom. The Balaban J connectivity index is 4.38. The quantitative estimate of drug-likeness (QED) is 0.146. The van der Waals surface area contributed by atoms with Crippen LogP contribution in [0.25, 0.3) is 0 Å². The molecule has 4 atom stereocenters. The van der Waals surface area contributed by atoms with Gasteiger partial charge in [0.15, 0.2) is 11.2 Å². The number of aliphatic carboxylic acids is 1. The fraction of sp³-hybridized carbons (Fsp3) is 0.571. The molecule has 0 fully saturated rings. The number of nitrogens with two attached hydrogens (primary N) is 1. The maximum Gasteiger partial charge on any atom is 0.335 e. The second-order valence-corrected chi connectivity index (χ2v) is 3.45. The van der Waals surface area contributed by atoms with Crippen LogP contribution in [0.3, 0.4) is 0 Å². The van der Waals surface area contributed by atoms with E-state index in [-0.39, 0.29) is 5.11 Å². The van der Waals surface area contributed by atoms with Crippen LogP contribution in [-0.4, -0.2) is 67.2 Å². The predicted molar refractivity (Wildman–Crippen MR) is 60.1 cm³/mol. The van der Waals surface area contributed by atoms with Crippen molar-refractivity contribution < 1.29 is 30.3 Å². The van der Waals surface area contributed by atoms with Crippen LogP contribution >= 0.6 is 12.2 Å². The summed E-state index contributed by atoms with van der Waals surface area (Å²) in [6.07, 6.45) is -7.20. The molecule has 0 aromatic carbocycles. The van der Waals surface area contributed by atoms with Crippen LogP contribution < -0.4 is 11.2 Å². The highest BCUT2D eigenvalue weighted by molar-refractivity contribution is 7.80. The van der Waals surface area contributed by atoms with Crippen molar-refractivity contribution >= 4 is 29.5 Å². The normalized spacial score (nSPS) is 18.4. The van der Waals surface area contributed by atoms with Gasteiger partial charge in [-0.15, -0.1) is 0 Å². The number of aliphatic hydroxyl groups excluding tert-OH is 4. The number of rotatable bonds is 6. The van der Waals surface area contributed by atoms with E-state index in [0.29, 0.717) is 0 Å². The van der Waals surface area contributed by atoms with Crippen LogP contribution in [0.5, 0.6) is 0 Å². The van der Waals surface area contributed by atoms with Crippen molar-refractivity contribution in [3.63, 3.8) is 0 Å². The number of nitrogens with zero attached hydrogens (tertiary/aromatic N) is 1. The Morgan fingerprint density at radius 3 is 2.24 bits per heavy atom. The zero-order chi connectivity index (χ0) is 13.6. The maximum absolute atomic E-state index is 10.3. The standard InChI is InChI=1S/C7H13N3O6S/c8-7(17)10-9-1-2(11)3(12)4(13)5(14)6(15)16/h1-5,11-14H,(H,15,16)(H3,8,10,17)/b9-1-/t2-,3-,4+,5-/m0/s1. The zero-order valence-corrected chi connectivity index (χ0v) is 9.28. The molecular weight excluding hydrogens is 254 g/mol. The molecule has 0 aromatic heterocycles. The van der Waals surface area contributed by atoms with E-state index in [4.69, 9.17) is 21.1 Å². The molecule has 98 valence electrons. The van der Waals surface area contributed by atoms with E-state index in [0.717, 1.165) is 6.21 Å². The van der Waals surface area contributed by atoms with Crippen molar-refractivity contribution in [1.29, 1.82) is 0 Å². The summed E-state index contributed by atoms with van der Waals surface area (Å²) in [7, 11) is 0. The molecule has 0 amide bonds. The summed E-state index contributed by atoms with van der Waals surface area (Å²) in [5.41, 5.74) is 7.07. The SMILES string of the molecule is NC(=S)N/N=C\[C@H](O)[C@H](O)[C@@H](O)[C@H](O)C(=O)O. The van der Waals surface area contributed by atoms with E-state index >= 15 is 0 Å². The molecule has 9 nitrogen and oxygen atoms in total. The first-order valence-corrected chi connectivity index (χ1v) is 4.72. The summed E-state index contributed by atoms with van der Waals surface area (Å²) in [5, 5.41) is 48.0. The average Bonchev–Trinajstić information content (AvgIpc) is 2.25. The monoisotopic (exact) mass is 267 g/mol. The lowest BCUT2D eigenvalue weighted by Gasteiger charge is -2.22. The van der Waals surface area contributed by atoms with Crippen LogP contribution in [0.1, 0.15) is 0 Å². The van der Waals surface area contributed by atoms with Gasteiger partial charge in [-0.3, -0.25) is 5.43 Å². The summed E-state index contributed by atoms with van der Waals surface area (Å²) in [4.78, 5) is 10.3. The van der Waals surface area contributed by atoms with E-state index in [1.54, 1.807) is 0 Å². The fourth-order valence-electron chi connectivity index (χ4n) is 0.800. The van der Waals surface area contributed by atoms with Gasteiger partial charge in [0.25, 0.3) is 0 Å². The van der Waals surface area contributed by atoms with Crippen LogP contribution in [0.2, 0.25) is 0 Å². The molecule has 8 N–H and O–H groups in total. The van der Waals surface area contributed by atoms with Gasteiger partial charge in [-0.2, -0.15) is 5.10 Å². The number of thiocarbonyl (C=S) groups is 1. The highest BCUT2D eigenvalue weighted by Gasteiger charge is 2.33. The molecule has 0 aliphatic rings. The number of hydrogen-bond acceptors (Lipinski definition) is 7. The van der Waals surface area contributed by atoms with Crippen molar-refractivity contribution in [2.75, 3.05) is 0 Å². The van der Waals surface area contributed by atoms with E-state index in [1.165, 1.54) is 0 Å². The topological polar surface area (TPSA) is 169 Å². The molecule has 0 heterocycles. The van der Waals surface area contributed by atoms with Gasteiger partial charge < -0.3 is 31.3 Å². The summed E-state index contributed by atoms with van der Waals surface area (Å²) in [6, 6.07) is 0. The van der Waals surface area contributed by atoms with Gasteiger partial charge in [-0.25, -0.2) is 4.79 Å². The second kappa shape index (κ2) is 7.09. The molecule has 0 aliphatic heterocycles. The molecule has 0 aliphatic carbocycles. The Hall–Kier alpha value is -1.33. The van der Waals surface area contributed by atoms with Crippen molar-refractivity contribution in [3.05, 3.63) is 0 Å². The summed E-state index contributed by atoms with van der Waals surface area (Å²) in [6.45, 7) is 0. The van der Waals surface area contributed by atoms with Crippen molar-refractivity contribution in [3.8, 4) is 0 Å². The third-order valence-electron chi connectivity index (χ3n) is 1.68. The number of carboxylic acids is 1. The van der Waals surface area contributed by atoms with Crippen molar-refractivity contribution in [2.45, 2.75) is 24.4 Å². The summed E-state index contributed by atoms with van der Waals surface area (Å²) >= 11 is 4.38. The summed E-state index contributed by atoms with van der Waals surface area (Å²) in [5.74, 6) is -1.73. The Morgan fingerprint density at radius 2 is 1.82 bits per heavy atom. The van der Waals surface area contributed by atoms with E-state index in [9.17, 15) is 15.0 Å². The molecule has 17 heavy (non-hydrogen) atoms. The molecule has 0 saturated heterocycles. The van der Waals surface area contributed by atoms with Gasteiger partial charge in [0.05, 0.1) is 6.21 Å². The van der Waals surface area contributed by atoms with Gasteiger partial charge in [-0.05, 0) is 12.2 Å². The van der Waals surface area contributed by atoms with Gasteiger partial charge in [0, 0.05) is 0 Å². The van der Waals surface area contributed by atoms with Crippen LogP contribution in [0.4, 0.5) is 0 Å². The van der Waals surface area contributed by atoms with Gasteiger partial charge >= 0.3 is 5.97 Å². The molecule has 0 aromatic rings. The lowest BCUT2D eigenvalue weighted by atomic mass is 10.0. The van der Waals surface area contributed by atoms with Gasteiger partial charge in [0.1, 0.15) is 18.3 Å². The Kier molecular flexibility index (Phi) is 6.53. The predicted octanol–water partition coefficient (Wildman–Crippen LogP) is -3.67. The molecule has 0 saturated carbocycles. The maximum atomic E-state index is 10.3.